The molecule has 2 N–H and O–H groups in total. The average molecular weight is 238 g/mol. The maximum Gasteiger partial charge on any atom is 0.228 e. The molecule has 1 aliphatic carbocycles. The van der Waals surface area contributed by atoms with Gasteiger partial charge in [-0.3, -0.25) is 4.79 Å². The van der Waals surface area contributed by atoms with Crippen LogP contribution in [-0.2, 0) is 4.79 Å². The van der Waals surface area contributed by atoms with Gasteiger partial charge in [-0.05, 0) is 44.6 Å². The van der Waals surface area contributed by atoms with Crippen molar-refractivity contribution in [1.29, 1.82) is 0 Å². The summed E-state index contributed by atoms with van der Waals surface area (Å²) in [6.45, 7) is 4.83. The van der Waals surface area contributed by atoms with Gasteiger partial charge in [0, 0.05) is 18.5 Å². The van der Waals surface area contributed by atoms with Gasteiger partial charge in [0.1, 0.15) is 0 Å². The number of hydrogen-bond donors (Lipinski definition) is 1. The van der Waals surface area contributed by atoms with E-state index < -0.39 is 0 Å². The number of nitrogens with two attached hydrogens (primary N) is 1. The van der Waals surface area contributed by atoms with Gasteiger partial charge in [-0.25, -0.2) is 0 Å². The fourth-order valence-electron chi connectivity index (χ4n) is 3.47. The lowest BCUT2D eigenvalue weighted by atomic mass is 9.85. The highest BCUT2D eigenvalue weighted by molar-refractivity contribution is 5.82. The minimum atomic E-state index is -0.0510. The summed E-state index contributed by atoms with van der Waals surface area (Å²) >= 11 is 0. The molecule has 0 radical (unpaired) electrons. The van der Waals surface area contributed by atoms with Crippen molar-refractivity contribution in [3.8, 4) is 0 Å². The van der Waals surface area contributed by atoms with Crippen molar-refractivity contribution in [3.63, 3.8) is 0 Å². The van der Waals surface area contributed by atoms with E-state index in [0.29, 0.717) is 11.8 Å². The van der Waals surface area contributed by atoms with E-state index in [-0.39, 0.29) is 5.41 Å². The number of piperidine rings is 1. The first-order valence-electron chi connectivity index (χ1n) is 7.15. The third kappa shape index (κ3) is 2.82. The van der Waals surface area contributed by atoms with Gasteiger partial charge >= 0.3 is 0 Å². The first kappa shape index (κ1) is 12.9. The highest BCUT2D eigenvalue weighted by Gasteiger charge is 2.40. The van der Waals surface area contributed by atoms with Gasteiger partial charge in [-0.1, -0.05) is 19.8 Å². The number of carbonyl (C=O) groups is 1. The van der Waals surface area contributed by atoms with Crippen LogP contribution >= 0.6 is 0 Å². The van der Waals surface area contributed by atoms with Crippen LogP contribution in [0, 0.1) is 11.3 Å². The zero-order valence-electron chi connectivity index (χ0n) is 11.1. The highest BCUT2D eigenvalue weighted by Crippen LogP contribution is 2.40. The minimum absolute atomic E-state index is 0.0510. The third-order valence-electron chi connectivity index (χ3n) is 4.60. The van der Waals surface area contributed by atoms with Gasteiger partial charge in [-0.15, -0.1) is 0 Å². The molecule has 2 rings (SSSR count). The summed E-state index contributed by atoms with van der Waals surface area (Å²) in [4.78, 5) is 14.7. The van der Waals surface area contributed by atoms with Crippen LogP contribution in [0.3, 0.4) is 0 Å². The minimum Gasteiger partial charge on any atom is -0.342 e. The first-order chi connectivity index (χ1) is 8.15. The normalized spacial score (nSPS) is 28.4. The molecule has 0 aromatic carbocycles. The molecule has 0 bridgehead atoms. The summed E-state index contributed by atoms with van der Waals surface area (Å²) in [7, 11) is 0. The molecule has 0 aromatic heterocycles. The molecule has 1 saturated carbocycles. The van der Waals surface area contributed by atoms with Crippen LogP contribution in [0.2, 0.25) is 0 Å². The van der Waals surface area contributed by atoms with Crippen molar-refractivity contribution >= 4 is 5.91 Å². The number of carbonyl (C=O) groups excluding carboxylic acids is 1. The van der Waals surface area contributed by atoms with Gasteiger partial charge in [0.05, 0.1) is 0 Å². The van der Waals surface area contributed by atoms with Crippen molar-refractivity contribution in [2.24, 2.45) is 17.1 Å². The van der Waals surface area contributed by atoms with Crippen LogP contribution < -0.4 is 5.73 Å². The Balaban J connectivity index is 1.94. The Bertz CT molecular complexity index is 269. The van der Waals surface area contributed by atoms with Crippen molar-refractivity contribution < 1.29 is 4.79 Å². The predicted octanol–water partition coefficient (Wildman–Crippen LogP) is 2.15. The monoisotopic (exact) mass is 238 g/mol. The number of amides is 1. The predicted molar refractivity (Wildman–Crippen MR) is 69.6 cm³/mol. The smallest absolute Gasteiger partial charge is 0.228 e. The molecule has 2 aliphatic rings. The van der Waals surface area contributed by atoms with Crippen LogP contribution in [0.15, 0.2) is 0 Å². The largest absolute Gasteiger partial charge is 0.342 e. The highest BCUT2D eigenvalue weighted by atomic mass is 16.2. The van der Waals surface area contributed by atoms with Gasteiger partial charge < -0.3 is 10.6 Å². The second kappa shape index (κ2) is 5.38. The van der Waals surface area contributed by atoms with Gasteiger partial charge in [0.2, 0.25) is 5.91 Å². The molecule has 17 heavy (non-hydrogen) atoms. The Hall–Kier alpha value is -0.570. The molecule has 3 nitrogen and oxygen atoms in total. The van der Waals surface area contributed by atoms with Gasteiger partial charge in [0.25, 0.3) is 0 Å². The Kier molecular flexibility index (Phi) is 4.08. The molecule has 1 atom stereocenters. The van der Waals surface area contributed by atoms with Crippen LogP contribution in [0.25, 0.3) is 0 Å². The molecule has 2 fully saturated rings. The van der Waals surface area contributed by atoms with E-state index in [1.165, 1.54) is 19.3 Å². The second-order valence-corrected chi connectivity index (χ2v) is 6.10. The fraction of sp³-hybridized carbons (Fsp3) is 0.929. The molecule has 1 aliphatic heterocycles. The van der Waals surface area contributed by atoms with Crippen molar-refractivity contribution in [3.05, 3.63) is 0 Å². The Morgan fingerprint density at radius 2 is 2.06 bits per heavy atom. The number of rotatable bonds is 3. The molecule has 3 heteroatoms. The summed E-state index contributed by atoms with van der Waals surface area (Å²) < 4.78 is 0. The van der Waals surface area contributed by atoms with E-state index in [1.54, 1.807) is 0 Å². The molecule has 1 unspecified atom stereocenters. The van der Waals surface area contributed by atoms with Crippen LogP contribution in [-0.4, -0.2) is 30.4 Å². The molecule has 1 saturated heterocycles. The zero-order chi connectivity index (χ0) is 12.3. The molecule has 1 amide bonds. The van der Waals surface area contributed by atoms with E-state index in [4.69, 9.17) is 5.73 Å². The fourth-order valence-corrected chi connectivity index (χ4v) is 3.47. The Morgan fingerprint density at radius 3 is 2.71 bits per heavy atom. The molecular formula is C14H26N2O. The summed E-state index contributed by atoms with van der Waals surface area (Å²) in [6, 6.07) is 0. The topological polar surface area (TPSA) is 46.3 Å². The van der Waals surface area contributed by atoms with Crippen LogP contribution in [0.4, 0.5) is 0 Å². The molecule has 98 valence electrons. The summed E-state index contributed by atoms with van der Waals surface area (Å²) in [5, 5.41) is 0. The zero-order valence-corrected chi connectivity index (χ0v) is 11.1. The second-order valence-electron chi connectivity index (χ2n) is 6.10. The molecule has 0 aromatic rings. The van der Waals surface area contributed by atoms with Gasteiger partial charge in [0.15, 0.2) is 0 Å². The number of nitrogens with zero attached hydrogens (tertiary/aromatic N) is 1. The van der Waals surface area contributed by atoms with Gasteiger partial charge in [-0.2, -0.15) is 0 Å². The Labute approximate surface area is 105 Å². The van der Waals surface area contributed by atoms with Crippen molar-refractivity contribution in [2.45, 2.75) is 51.9 Å². The summed E-state index contributed by atoms with van der Waals surface area (Å²) in [5.41, 5.74) is 5.57. The maximum atomic E-state index is 12.6. The lowest BCUT2D eigenvalue weighted by Gasteiger charge is -2.37. The maximum absolute atomic E-state index is 12.6. The van der Waals surface area contributed by atoms with E-state index in [1.807, 2.05) is 0 Å². The average Bonchev–Trinajstić information content (AvgIpc) is 2.77. The quantitative estimate of drug-likeness (QED) is 0.819. The van der Waals surface area contributed by atoms with Crippen LogP contribution in [0.5, 0.6) is 0 Å². The lowest BCUT2D eigenvalue weighted by molar-refractivity contribution is -0.142. The SMILES string of the molecule is CC1(C(=O)N2CCCC(CCN)C2)CCCC1. The Morgan fingerprint density at radius 1 is 1.35 bits per heavy atom. The summed E-state index contributed by atoms with van der Waals surface area (Å²) in [6.07, 6.45) is 8.10. The van der Waals surface area contributed by atoms with E-state index in [2.05, 4.69) is 11.8 Å². The number of likely N-dealkylation sites (tertiary alicyclic amines) is 1. The molecule has 1 heterocycles. The van der Waals surface area contributed by atoms with Crippen molar-refractivity contribution in [1.82, 2.24) is 4.90 Å². The first-order valence-corrected chi connectivity index (χ1v) is 7.15. The van der Waals surface area contributed by atoms with E-state index >= 15 is 0 Å². The van der Waals surface area contributed by atoms with Crippen LogP contribution in [0.1, 0.15) is 51.9 Å². The lowest BCUT2D eigenvalue weighted by Crippen LogP contribution is -2.46. The van der Waals surface area contributed by atoms with Crippen molar-refractivity contribution in [2.75, 3.05) is 19.6 Å². The molecule has 0 spiro atoms. The standard InChI is InChI=1S/C14H26N2O/c1-14(7-2-3-8-14)13(17)16-10-4-5-12(11-16)6-9-15/h12H,2-11,15H2,1H3. The van der Waals surface area contributed by atoms with E-state index in [0.717, 1.165) is 45.3 Å². The third-order valence-corrected chi connectivity index (χ3v) is 4.60. The number of hydrogen-bond acceptors (Lipinski definition) is 2. The molecular weight excluding hydrogens is 212 g/mol. The van der Waals surface area contributed by atoms with E-state index in [9.17, 15) is 4.79 Å². The summed E-state index contributed by atoms with van der Waals surface area (Å²) in [5.74, 6) is 1.06.